The van der Waals surface area contributed by atoms with Gasteiger partial charge in [-0.1, -0.05) is 11.8 Å². The lowest BCUT2D eigenvalue weighted by atomic mass is 10.0. The van der Waals surface area contributed by atoms with Crippen molar-refractivity contribution in [2.24, 2.45) is 0 Å². The summed E-state index contributed by atoms with van der Waals surface area (Å²) in [5, 5.41) is 19.4. The summed E-state index contributed by atoms with van der Waals surface area (Å²) in [6, 6.07) is 1.18. The molecule has 0 aliphatic carbocycles. The normalized spacial score (nSPS) is 14.4. The molecule has 1 aromatic rings. The van der Waals surface area contributed by atoms with Gasteiger partial charge >= 0.3 is 0 Å². The Bertz CT molecular complexity index is 414. The molecule has 0 bridgehead atoms. The number of rotatable bonds is 4. The van der Waals surface area contributed by atoms with Crippen molar-refractivity contribution in [3.8, 4) is 0 Å². The molecule has 6 heteroatoms. The lowest BCUT2D eigenvalue weighted by Crippen LogP contribution is -2.22. The fraction of sp³-hybridized carbons (Fsp3) is 0.455. The molecule has 0 spiro atoms. The third kappa shape index (κ3) is 4.07. The van der Waals surface area contributed by atoms with E-state index in [1.807, 2.05) is 0 Å². The lowest BCUT2D eigenvalue weighted by molar-refractivity contribution is -0.109. The molecule has 0 saturated carbocycles. The Kier molecular flexibility index (Phi) is 5.04. The Morgan fingerprint density at radius 2 is 2.24 bits per heavy atom. The van der Waals surface area contributed by atoms with Crippen LogP contribution in [0.2, 0.25) is 0 Å². The van der Waals surface area contributed by atoms with Gasteiger partial charge in [-0.25, -0.2) is 4.98 Å². The highest BCUT2D eigenvalue weighted by atomic mass is 32.2. The number of carbonyl (C=O) groups is 1. The predicted molar refractivity (Wildman–Crippen MR) is 63.0 cm³/mol. The van der Waals surface area contributed by atoms with E-state index in [-0.39, 0.29) is 10.9 Å². The van der Waals surface area contributed by atoms with Gasteiger partial charge in [0.05, 0.1) is 6.10 Å². The number of aromatic nitrogens is 1. The molecule has 0 amide bonds. The van der Waals surface area contributed by atoms with E-state index in [4.69, 9.17) is 0 Å². The molecule has 1 rings (SSSR count). The lowest BCUT2D eigenvalue weighted by Gasteiger charge is -2.18. The Morgan fingerprint density at radius 1 is 1.59 bits per heavy atom. The second kappa shape index (κ2) is 6.09. The maximum absolute atomic E-state index is 12.8. The summed E-state index contributed by atoms with van der Waals surface area (Å²) in [5.41, 5.74) is 0.875. The van der Waals surface area contributed by atoms with Crippen LogP contribution < -0.4 is 0 Å². The van der Waals surface area contributed by atoms with E-state index in [2.05, 4.69) is 4.98 Å². The van der Waals surface area contributed by atoms with E-state index in [0.717, 1.165) is 11.8 Å². The number of aliphatic hydroxyl groups excluding tert-OH is 2. The summed E-state index contributed by atoms with van der Waals surface area (Å²) in [5.74, 6) is -0.543. The second-order valence-electron chi connectivity index (χ2n) is 3.68. The zero-order valence-corrected chi connectivity index (χ0v) is 10.4. The monoisotopic (exact) mass is 259 g/mol. The Balaban J connectivity index is 2.74. The second-order valence-corrected chi connectivity index (χ2v) is 4.88. The maximum Gasteiger partial charge on any atom is 0.213 e. The fourth-order valence-corrected chi connectivity index (χ4v) is 1.93. The van der Waals surface area contributed by atoms with Gasteiger partial charge in [0, 0.05) is 24.4 Å². The molecule has 0 fully saturated rings. The van der Waals surface area contributed by atoms with Crippen molar-refractivity contribution in [1.82, 2.24) is 4.98 Å². The van der Waals surface area contributed by atoms with Gasteiger partial charge in [-0.15, -0.1) is 0 Å². The molecule has 2 unspecified atom stereocenters. The van der Waals surface area contributed by atoms with Crippen molar-refractivity contribution >= 4 is 16.9 Å². The molecular formula is C11H14FNO3S. The number of nitrogens with zero attached hydrogens (tertiary/aromatic N) is 1. The molecule has 2 N–H and O–H groups in total. The zero-order valence-electron chi connectivity index (χ0n) is 9.55. The smallest absolute Gasteiger partial charge is 0.213 e. The minimum absolute atomic E-state index is 0.0906. The minimum atomic E-state index is -1.17. The summed E-state index contributed by atoms with van der Waals surface area (Å²) in [6.07, 6.45) is -1.07. The van der Waals surface area contributed by atoms with Crippen LogP contribution in [0.25, 0.3) is 0 Å². The standard InChI is InChI=1S/C11H14FNO3S/c1-6-3-10(12)13-4-8(6)11(16)9(15)5-17-7(2)14/h3-4,9,11,15-16H,5H2,1-2H3. The highest BCUT2D eigenvalue weighted by molar-refractivity contribution is 8.13. The van der Waals surface area contributed by atoms with E-state index < -0.39 is 18.2 Å². The molecule has 17 heavy (non-hydrogen) atoms. The summed E-state index contributed by atoms with van der Waals surface area (Å²) in [6.45, 7) is 3.00. The van der Waals surface area contributed by atoms with Gasteiger partial charge in [-0.3, -0.25) is 4.79 Å². The van der Waals surface area contributed by atoms with Gasteiger partial charge in [0.1, 0.15) is 6.10 Å². The molecule has 2 atom stereocenters. The molecule has 1 heterocycles. The Hall–Kier alpha value is -0.980. The molecule has 0 aliphatic rings. The average molecular weight is 259 g/mol. The van der Waals surface area contributed by atoms with Crippen molar-refractivity contribution < 1.29 is 19.4 Å². The Morgan fingerprint density at radius 3 is 2.76 bits per heavy atom. The van der Waals surface area contributed by atoms with Crippen LogP contribution in [0.4, 0.5) is 4.39 Å². The fourth-order valence-electron chi connectivity index (χ4n) is 1.34. The van der Waals surface area contributed by atoms with Gasteiger partial charge in [0.15, 0.2) is 5.12 Å². The molecule has 0 radical (unpaired) electrons. The van der Waals surface area contributed by atoms with Crippen molar-refractivity contribution in [1.29, 1.82) is 0 Å². The largest absolute Gasteiger partial charge is 0.389 e. The number of aryl methyl sites for hydroxylation is 1. The van der Waals surface area contributed by atoms with Gasteiger partial charge < -0.3 is 10.2 Å². The van der Waals surface area contributed by atoms with E-state index in [1.165, 1.54) is 19.2 Å². The quantitative estimate of drug-likeness (QED) is 0.795. The van der Waals surface area contributed by atoms with E-state index in [0.29, 0.717) is 11.1 Å². The summed E-state index contributed by atoms with van der Waals surface area (Å²) >= 11 is 0.928. The first-order valence-electron chi connectivity index (χ1n) is 5.03. The van der Waals surface area contributed by atoms with Crippen molar-refractivity contribution in [2.75, 3.05) is 5.75 Å². The van der Waals surface area contributed by atoms with Crippen molar-refractivity contribution in [3.05, 3.63) is 29.3 Å². The summed E-state index contributed by atoms with van der Waals surface area (Å²) in [4.78, 5) is 14.2. The van der Waals surface area contributed by atoms with Crippen LogP contribution in [0.15, 0.2) is 12.3 Å². The highest BCUT2D eigenvalue weighted by Gasteiger charge is 2.21. The van der Waals surface area contributed by atoms with E-state index in [1.54, 1.807) is 6.92 Å². The SMILES string of the molecule is CC(=O)SCC(O)C(O)c1cnc(F)cc1C. The number of hydrogen-bond donors (Lipinski definition) is 2. The van der Waals surface area contributed by atoms with E-state index >= 15 is 0 Å². The van der Waals surface area contributed by atoms with Crippen LogP contribution in [-0.4, -0.2) is 32.2 Å². The maximum atomic E-state index is 12.8. The van der Waals surface area contributed by atoms with Gasteiger partial charge in [-0.2, -0.15) is 4.39 Å². The predicted octanol–water partition coefficient (Wildman–Crippen LogP) is 1.20. The summed E-state index contributed by atoms with van der Waals surface area (Å²) < 4.78 is 12.8. The molecule has 0 saturated heterocycles. The number of thioether (sulfide) groups is 1. The van der Waals surface area contributed by atoms with E-state index in [9.17, 15) is 19.4 Å². The van der Waals surface area contributed by atoms with Crippen LogP contribution in [-0.2, 0) is 4.79 Å². The third-order valence-electron chi connectivity index (χ3n) is 2.26. The van der Waals surface area contributed by atoms with Gasteiger partial charge in [-0.05, 0) is 18.6 Å². The first-order chi connectivity index (χ1) is 7.91. The first kappa shape index (κ1) is 14.1. The van der Waals surface area contributed by atoms with Gasteiger partial charge in [0.2, 0.25) is 5.95 Å². The topological polar surface area (TPSA) is 70.4 Å². The van der Waals surface area contributed by atoms with Crippen LogP contribution in [0.3, 0.4) is 0 Å². The number of halogens is 1. The van der Waals surface area contributed by atoms with Crippen LogP contribution in [0.5, 0.6) is 0 Å². The van der Waals surface area contributed by atoms with Crippen LogP contribution in [0.1, 0.15) is 24.2 Å². The van der Waals surface area contributed by atoms with Crippen LogP contribution in [0, 0.1) is 12.9 Å². The summed E-state index contributed by atoms with van der Waals surface area (Å²) in [7, 11) is 0. The highest BCUT2D eigenvalue weighted by Crippen LogP contribution is 2.22. The van der Waals surface area contributed by atoms with Crippen molar-refractivity contribution in [3.63, 3.8) is 0 Å². The van der Waals surface area contributed by atoms with Crippen LogP contribution >= 0.6 is 11.8 Å². The third-order valence-corrected chi connectivity index (χ3v) is 3.17. The zero-order chi connectivity index (χ0) is 13.0. The molecular weight excluding hydrogens is 245 g/mol. The molecule has 0 aromatic carbocycles. The molecule has 4 nitrogen and oxygen atoms in total. The molecule has 0 aliphatic heterocycles. The van der Waals surface area contributed by atoms with Crippen molar-refractivity contribution in [2.45, 2.75) is 26.1 Å². The van der Waals surface area contributed by atoms with Gasteiger partial charge in [0.25, 0.3) is 0 Å². The molecule has 1 aromatic heterocycles. The minimum Gasteiger partial charge on any atom is -0.389 e. The average Bonchev–Trinajstić information content (AvgIpc) is 2.25. The molecule has 94 valence electrons. The Labute approximate surface area is 103 Å². The number of pyridine rings is 1. The number of hydrogen-bond acceptors (Lipinski definition) is 5. The number of carbonyl (C=O) groups excluding carboxylic acids is 1. The number of aliphatic hydroxyl groups is 2. The first-order valence-corrected chi connectivity index (χ1v) is 6.02.